The fraction of sp³-hybridized carbons (Fsp3) is 0.500. The van der Waals surface area contributed by atoms with Crippen molar-refractivity contribution >= 4 is 11.8 Å². The van der Waals surface area contributed by atoms with E-state index < -0.39 is 17.1 Å². The third-order valence-corrected chi connectivity index (χ3v) is 4.80. The number of amides is 2. The van der Waals surface area contributed by atoms with E-state index in [1.54, 1.807) is 9.47 Å². The summed E-state index contributed by atoms with van der Waals surface area (Å²) in [6, 6.07) is 1.16. The van der Waals surface area contributed by atoms with Crippen LogP contribution in [-0.2, 0) is 4.74 Å². The van der Waals surface area contributed by atoms with Gasteiger partial charge in [0.25, 0.3) is 11.8 Å². The number of rotatable bonds is 1. The van der Waals surface area contributed by atoms with Crippen LogP contribution in [0.1, 0.15) is 46.2 Å². The third-order valence-electron chi connectivity index (χ3n) is 4.80. The minimum absolute atomic E-state index is 0.0635. The number of nitrogens with two attached hydrogens (primary N) is 1. The quantitative estimate of drug-likeness (QED) is 0.778. The van der Waals surface area contributed by atoms with Crippen LogP contribution in [0.3, 0.4) is 0 Å². The van der Waals surface area contributed by atoms with Crippen molar-refractivity contribution in [1.29, 1.82) is 0 Å². The van der Waals surface area contributed by atoms with Crippen LogP contribution >= 0.6 is 0 Å². The Balaban J connectivity index is 1.98. The molecule has 1 aromatic heterocycles. The highest BCUT2D eigenvalue weighted by atomic mass is 16.5. The molecule has 21 heavy (non-hydrogen) atoms. The molecular weight excluding hydrogens is 274 g/mol. The zero-order chi connectivity index (χ0) is 14.8. The van der Waals surface area contributed by atoms with Gasteiger partial charge in [0, 0.05) is 18.8 Å². The maximum Gasteiger partial charge on any atom is 0.273 e. The van der Waals surface area contributed by atoms with E-state index in [1.165, 1.54) is 12.3 Å². The van der Waals surface area contributed by atoms with Crippen LogP contribution in [0.2, 0.25) is 0 Å². The van der Waals surface area contributed by atoms with Gasteiger partial charge in [-0.25, -0.2) is 0 Å². The number of carbonyl (C=O) groups is 2. The molecule has 0 bridgehead atoms. The maximum atomic E-state index is 12.6. The van der Waals surface area contributed by atoms with E-state index in [0.717, 1.165) is 19.3 Å². The lowest BCUT2D eigenvalue weighted by atomic mass is 10.00. The number of hydrogen-bond acceptors (Lipinski definition) is 4. The first-order valence-electron chi connectivity index (χ1n) is 7.06. The number of carbonyl (C=O) groups excluding carboxylic acids is 2. The lowest BCUT2D eigenvalue weighted by molar-refractivity contribution is -0.0984. The van der Waals surface area contributed by atoms with Gasteiger partial charge in [-0.15, -0.1) is 0 Å². The molecule has 7 heteroatoms. The molecule has 0 radical (unpaired) electrons. The predicted molar refractivity (Wildman–Crippen MR) is 71.8 cm³/mol. The molecule has 0 aromatic carbocycles. The molecule has 1 aliphatic carbocycles. The van der Waals surface area contributed by atoms with Crippen molar-refractivity contribution in [2.45, 2.75) is 31.0 Å². The molecule has 2 amide bonds. The first-order valence-corrected chi connectivity index (χ1v) is 7.06. The number of aromatic nitrogens is 1. The highest BCUT2D eigenvalue weighted by Gasteiger charge is 2.57. The first-order chi connectivity index (χ1) is 10.0. The van der Waals surface area contributed by atoms with Gasteiger partial charge in [0.05, 0.1) is 12.6 Å². The Bertz CT molecular complexity index is 721. The average molecular weight is 289 g/mol. The highest BCUT2D eigenvalue weighted by Crippen LogP contribution is 2.50. The molecule has 110 valence electrons. The van der Waals surface area contributed by atoms with E-state index in [1.807, 2.05) is 0 Å². The molecule has 1 aromatic rings. The van der Waals surface area contributed by atoms with Crippen LogP contribution in [-0.4, -0.2) is 40.2 Å². The smallest absolute Gasteiger partial charge is 0.273 e. The van der Waals surface area contributed by atoms with Crippen LogP contribution in [0.25, 0.3) is 0 Å². The van der Waals surface area contributed by atoms with Crippen LogP contribution in [0.4, 0.5) is 0 Å². The summed E-state index contributed by atoms with van der Waals surface area (Å²) in [7, 11) is 0. The van der Waals surface area contributed by atoms with Crippen molar-refractivity contribution in [3.05, 3.63) is 33.7 Å². The topological polar surface area (TPSA) is 94.6 Å². The molecule has 1 saturated carbocycles. The van der Waals surface area contributed by atoms with Crippen LogP contribution in [0, 0.1) is 0 Å². The largest absolute Gasteiger partial charge is 0.365 e. The summed E-state index contributed by atoms with van der Waals surface area (Å²) in [5.74, 6) is -0.983. The van der Waals surface area contributed by atoms with Crippen molar-refractivity contribution in [2.75, 3.05) is 13.2 Å². The molecular formula is C14H15N3O4. The lowest BCUT2D eigenvalue weighted by Crippen LogP contribution is -2.56. The van der Waals surface area contributed by atoms with E-state index >= 15 is 0 Å². The van der Waals surface area contributed by atoms with Gasteiger partial charge in [-0.1, -0.05) is 0 Å². The second-order valence-corrected chi connectivity index (χ2v) is 5.77. The molecule has 7 nitrogen and oxygen atoms in total. The summed E-state index contributed by atoms with van der Waals surface area (Å²) in [4.78, 5) is 37.7. The fourth-order valence-corrected chi connectivity index (χ4v) is 3.94. The SMILES string of the molecule is NC(=O)c1cn2c(cc1=O)C(=O)N1CCOC13CCCC23. The van der Waals surface area contributed by atoms with Gasteiger partial charge in [-0.3, -0.25) is 14.4 Å². The molecule has 1 saturated heterocycles. The van der Waals surface area contributed by atoms with Gasteiger partial charge >= 0.3 is 0 Å². The van der Waals surface area contributed by atoms with Crippen LogP contribution in [0.15, 0.2) is 17.1 Å². The normalized spacial score (nSPS) is 30.0. The van der Waals surface area contributed by atoms with Crippen molar-refractivity contribution in [3.8, 4) is 0 Å². The number of nitrogens with zero attached hydrogens (tertiary/aromatic N) is 2. The zero-order valence-electron chi connectivity index (χ0n) is 11.4. The van der Waals surface area contributed by atoms with E-state index in [-0.39, 0.29) is 17.5 Å². The first kappa shape index (κ1) is 12.6. The fourth-order valence-electron chi connectivity index (χ4n) is 3.94. The Labute approximate surface area is 120 Å². The van der Waals surface area contributed by atoms with Crippen molar-refractivity contribution in [1.82, 2.24) is 9.47 Å². The van der Waals surface area contributed by atoms with Gasteiger partial charge in [-0.2, -0.15) is 0 Å². The predicted octanol–water partition coefficient (Wildman–Crippen LogP) is -0.145. The molecule has 3 heterocycles. The second-order valence-electron chi connectivity index (χ2n) is 5.77. The van der Waals surface area contributed by atoms with Crippen LogP contribution < -0.4 is 11.2 Å². The average Bonchev–Trinajstić information content (AvgIpc) is 3.05. The Morgan fingerprint density at radius 1 is 1.43 bits per heavy atom. The van der Waals surface area contributed by atoms with Crippen molar-refractivity contribution < 1.29 is 14.3 Å². The molecule has 2 unspecified atom stereocenters. The number of pyridine rings is 1. The molecule has 2 atom stereocenters. The summed E-state index contributed by atoms with van der Waals surface area (Å²) < 4.78 is 7.64. The zero-order valence-corrected chi connectivity index (χ0v) is 11.4. The van der Waals surface area contributed by atoms with E-state index in [0.29, 0.717) is 18.8 Å². The number of ether oxygens (including phenoxy) is 1. The summed E-state index contributed by atoms with van der Waals surface area (Å²) in [6.07, 6.45) is 3.99. The molecule has 4 rings (SSSR count). The Morgan fingerprint density at radius 2 is 2.24 bits per heavy atom. The van der Waals surface area contributed by atoms with Gasteiger partial charge in [-0.05, 0) is 19.3 Å². The second kappa shape index (κ2) is 3.94. The molecule has 2 N–H and O–H groups in total. The number of primary amides is 1. The summed E-state index contributed by atoms with van der Waals surface area (Å²) >= 11 is 0. The van der Waals surface area contributed by atoms with Crippen LogP contribution in [0.5, 0.6) is 0 Å². The Morgan fingerprint density at radius 3 is 3.00 bits per heavy atom. The molecule has 1 spiro atoms. The molecule has 2 aliphatic heterocycles. The van der Waals surface area contributed by atoms with Gasteiger partial charge in [0.2, 0.25) is 0 Å². The number of hydrogen-bond donors (Lipinski definition) is 1. The Kier molecular flexibility index (Phi) is 2.36. The third kappa shape index (κ3) is 1.44. The minimum atomic E-state index is -0.774. The number of fused-ring (bicyclic) bond motifs is 2. The van der Waals surface area contributed by atoms with Crippen molar-refractivity contribution in [2.24, 2.45) is 5.73 Å². The van der Waals surface area contributed by atoms with Gasteiger partial charge < -0.3 is 19.9 Å². The Hall–Kier alpha value is -2.15. The van der Waals surface area contributed by atoms with Gasteiger partial charge in [0.1, 0.15) is 11.3 Å². The highest BCUT2D eigenvalue weighted by molar-refractivity contribution is 5.96. The lowest BCUT2D eigenvalue weighted by Gasteiger charge is -2.44. The monoisotopic (exact) mass is 289 g/mol. The molecule has 3 aliphatic rings. The van der Waals surface area contributed by atoms with Crippen molar-refractivity contribution in [3.63, 3.8) is 0 Å². The summed E-state index contributed by atoms with van der Waals surface area (Å²) in [5, 5.41) is 0. The maximum absolute atomic E-state index is 12.6. The minimum Gasteiger partial charge on any atom is -0.365 e. The summed E-state index contributed by atoms with van der Waals surface area (Å²) in [6.45, 7) is 1.05. The molecule has 2 fully saturated rings. The summed E-state index contributed by atoms with van der Waals surface area (Å²) in [5.41, 5.74) is 4.36. The standard InChI is InChI=1S/C14H15N3O4/c15-12(19)8-7-16-9(6-10(8)18)13(20)17-4-5-21-14(17)3-1-2-11(14)16/h6-7,11H,1-5H2,(H2,15,19). The van der Waals surface area contributed by atoms with Gasteiger partial charge in [0.15, 0.2) is 11.2 Å². The van der Waals surface area contributed by atoms with E-state index in [9.17, 15) is 14.4 Å². The van der Waals surface area contributed by atoms with E-state index in [4.69, 9.17) is 10.5 Å². The van der Waals surface area contributed by atoms with E-state index in [2.05, 4.69) is 0 Å².